The fourth-order valence-electron chi connectivity index (χ4n) is 2.97. The van der Waals surface area contributed by atoms with Crippen LogP contribution < -0.4 is 5.32 Å². The van der Waals surface area contributed by atoms with Gasteiger partial charge in [0.15, 0.2) is 0 Å². The lowest BCUT2D eigenvalue weighted by Crippen LogP contribution is -2.28. The quantitative estimate of drug-likeness (QED) is 0.796. The van der Waals surface area contributed by atoms with Gasteiger partial charge in [0.25, 0.3) is 5.91 Å². The molecule has 0 atom stereocenters. The lowest BCUT2D eigenvalue weighted by Gasteiger charge is -2.14. The van der Waals surface area contributed by atoms with Crippen molar-refractivity contribution in [1.82, 2.24) is 15.2 Å². The minimum atomic E-state index is -0.548. The van der Waals surface area contributed by atoms with Crippen LogP contribution in [0.4, 0.5) is 8.78 Å². The minimum Gasteiger partial charge on any atom is -0.351 e. The fraction of sp³-hybridized carbons (Fsp3) is 0.444. The molecular formula is C18H21F2N3OS. The van der Waals surface area contributed by atoms with Gasteiger partial charge < -0.3 is 10.2 Å². The lowest BCUT2D eigenvalue weighted by atomic mass is 10.2. The summed E-state index contributed by atoms with van der Waals surface area (Å²) in [6, 6.07) is 3.23. The summed E-state index contributed by atoms with van der Waals surface area (Å²) in [5.41, 5.74) is 0.613. The number of halogens is 2. The van der Waals surface area contributed by atoms with Crippen LogP contribution in [0.1, 0.15) is 34.6 Å². The normalized spacial score (nSPS) is 14.8. The van der Waals surface area contributed by atoms with Crippen molar-refractivity contribution in [2.75, 3.05) is 26.2 Å². The summed E-state index contributed by atoms with van der Waals surface area (Å²) in [5.74, 6) is -1.29. The van der Waals surface area contributed by atoms with Gasteiger partial charge in [0, 0.05) is 12.1 Å². The molecule has 1 fully saturated rings. The van der Waals surface area contributed by atoms with Crippen molar-refractivity contribution in [1.29, 1.82) is 0 Å². The zero-order valence-corrected chi connectivity index (χ0v) is 15.0. The summed E-state index contributed by atoms with van der Waals surface area (Å²) in [7, 11) is 0. The van der Waals surface area contributed by atoms with Gasteiger partial charge >= 0.3 is 0 Å². The molecule has 0 aliphatic carbocycles. The summed E-state index contributed by atoms with van der Waals surface area (Å²) in [4.78, 5) is 19.4. The molecule has 2 aromatic rings. The second kappa shape index (κ2) is 8.01. The molecule has 1 aliphatic heterocycles. The molecule has 0 spiro atoms. The van der Waals surface area contributed by atoms with E-state index in [0.29, 0.717) is 22.1 Å². The molecule has 25 heavy (non-hydrogen) atoms. The molecule has 134 valence electrons. The van der Waals surface area contributed by atoms with Gasteiger partial charge in [0.05, 0.1) is 5.69 Å². The number of carbonyl (C=O) groups is 1. The SMILES string of the molecule is Cc1nc(-c2cc(F)ccc2F)sc1C(=O)NCCCN1CCCC1. The van der Waals surface area contributed by atoms with Crippen LogP contribution in [0, 0.1) is 18.6 Å². The first-order chi connectivity index (χ1) is 12.0. The van der Waals surface area contributed by atoms with Crippen molar-refractivity contribution in [3.8, 4) is 10.6 Å². The molecule has 1 amide bonds. The van der Waals surface area contributed by atoms with Gasteiger partial charge in [-0.05, 0) is 64.0 Å². The molecule has 2 heterocycles. The Morgan fingerprint density at radius 3 is 2.84 bits per heavy atom. The van der Waals surface area contributed by atoms with E-state index < -0.39 is 11.6 Å². The summed E-state index contributed by atoms with van der Waals surface area (Å²) < 4.78 is 27.2. The van der Waals surface area contributed by atoms with Gasteiger partial charge in [-0.2, -0.15) is 0 Å². The Hall–Kier alpha value is -1.86. The zero-order valence-electron chi connectivity index (χ0n) is 14.1. The Morgan fingerprint density at radius 2 is 2.08 bits per heavy atom. The standard InChI is InChI=1S/C18H21F2N3OS/c1-12-16(17(24)21-7-4-10-23-8-2-3-9-23)25-18(22-12)14-11-13(19)5-6-15(14)20/h5-6,11H,2-4,7-10H2,1H3,(H,21,24). The maximum absolute atomic E-state index is 13.9. The Morgan fingerprint density at radius 1 is 1.32 bits per heavy atom. The number of thiazole rings is 1. The summed E-state index contributed by atoms with van der Waals surface area (Å²) in [5, 5.41) is 3.21. The number of aryl methyl sites for hydroxylation is 1. The number of nitrogens with zero attached hydrogens (tertiary/aromatic N) is 2. The third-order valence-electron chi connectivity index (χ3n) is 4.30. The molecule has 0 radical (unpaired) electrons. The molecule has 0 unspecified atom stereocenters. The number of carbonyl (C=O) groups excluding carboxylic acids is 1. The van der Waals surface area contributed by atoms with E-state index in [1.165, 1.54) is 12.8 Å². The van der Waals surface area contributed by atoms with Crippen molar-refractivity contribution in [3.63, 3.8) is 0 Å². The number of hydrogen-bond acceptors (Lipinski definition) is 4. The molecule has 3 rings (SSSR count). The topological polar surface area (TPSA) is 45.2 Å². The highest BCUT2D eigenvalue weighted by Gasteiger charge is 2.18. The van der Waals surface area contributed by atoms with Gasteiger partial charge in [0.1, 0.15) is 21.5 Å². The van der Waals surface area contributed by atoms with Crippen molar-refractivity contribution in [2.24, 2.45) is 0 Å². The molecule has 1 aromatic carbocycles. The molecule has 7 heteroatoms. The number of benzene rings is 1. The van der Waals surface area contributed by atoms with Crippen molar-refractivity contribution < 1.29 is 13.6 Å². The Labute approximate surface area is 149 Å². The first-order valence-electron chi connectivity index (χ1n) is 8.48. The number of hydrogen-bond donors (Lipinski definition) is 1. The van der Waals surface area contributed by atoms with Gasteiger partial charge in [-0.15, -0.1) is 11.3 Å². The van der Waals surface area contributed by atoms with E-state index in [1.54, 1.807) is 6.92 Å². The molecule has 1 N–H and O–H groups in total. The lowest BCUT2D eigenvalue weighted by molar-refractivity contribution is 0.0955. The van der Waals surface area contributed by atoms with Crippen LogP contribution in [0.3, 0.4) is 0 Å². The first-order valence-corrected chi connectivity index (χ1v) is 9.29. The average molecular weight is 365 g/mol. The van der Waals surface area contributed by atoms with Gasteiger partial charge in [-0.25, -0.2) is 13.8 Å². The molecule has 1 saturated heterocycles. The minimum absolute atomic E-state index is 0.0844. The van der Waals surface area contributed by atoms with E-state index in [0.717, 1.165) is 55.6 Å². The van der Waals surface area contributed by atoms with Gasteiger partial charge in [0.2, 0.25) is 0 Å². The zero-order chi connectivity index (χ0) is 17.8. The third-order valence-corrected chi connectivity index (χ3v) is 5.49. The first kappa shape index (κ1) is 17.9. The predicted octanol–water partition coefficient (Wildman–Crippen LogP) is 3.61. The van der Waals surface area contributed by atoms with Crippen LogP contribution in [-0.2, 0) is 0 Å². The maximum Gasteiger partial charge on any atom is 0.263 e. The average Bonchev–Trinajstić information content (AvgIpc) is 3.23. The number of amides is 1. The van der Waals surface area contributed by atoms with Crippen LogP contribution in [0.5, 0.6) is 0 Å². The largest absolute Gasteiger partial charge is 0.351 e. The Bertz CT molecular complexity index is 757. The number of likely N-dealkylation sites (tertiary alicyclic amines) is 1. The van der Waals surface area contributed by atoms with E-state index in [4.69, 9.17) is 0 Å². The number of nitrogens with one attached hydrogen (secondary N) is 1. The van der Waals surface area contributed by atoms with E-state index >= 15 is 0 Å². The molecular weight excluding hydrogens is 344 g/mol. The Balaban J connectivity index is 1.61. The van der Waals surface area contributed by atoms with Crippen molar-refractivity contribution in [3.05, 3.63) is 40.4 Å². The highest BCUT2D eigenvalue weighted by molar-refractivity contribution is 7.17. The molecule has 0 bridgehead atoms. The molecule has 0 saturated carbocycles. The van der Waals surface area contributed by atoms with Crippen LogP contribution in [0.25, 0.3) is 10.6 Å². The summed E-state index contributed by atoms with van der Waals surface area (Å²) >= 11 is 1.09. The van der Waals surface area contributed by atoms with Crippen LogP contribution in [-0.4, -0.2) is 42.0 Å². The Kier molecular flexibility index (Phi) is 5.75. The highest BCUT2D eigenvalue weighted by atomic mass is 32.1. The number of rotatable bonds is 6. The van der Waals surface area contributed by atoms with Crippen LogP contribution >= 0.6 is 11.3 Å². The fourth-order valence-corrected chi connectivity index (χ4v) is 3.98. The second-order valence-electron chi connectivity index (χ2n) is 6.22. The molecule has 4 nitrogen and oxygen atoms in total. The third kappa shape index (κ3) is 4.41. The summed E-state index contributed by atoms with van der Waals surface area (Å²) in [6.07, 6.45) is 3.41. The van der Waals surface area contributed by atoms with Gasteiger partial charge in [-0.3, -0.25) is 4.79 Å². The second-order valence-corrected chi connectivity index (χ2v) is 7.21. The highest BCUT2D eigenvalue weighted by Crippen LogP contribution is 2.30. The van der Waals surface area contributed by atoms with Crippen LogP contribution in [0.2, 0.25) is 0 Å². The van der Waals surface area contributed by atoms with Crippen molar-refractivity contribution in [2.45, 2.75) is 26.2 Å². The molecule has 1 aliphatic rings. The maximum atomic E-state index is 13.9. The number of aromatic nitrogens is 1. The van der Waals surface area contributed by atoms with Gasteiger partial charge in [-0.1, -0.05) is 0 Å². The summed E-state index contributed by atoms with van der Waals surface area (Å²) in [6.45, 7) is 5.57. The molecule has 1 aromatic heterocycles. The van der Waals surface area contributed by atoms with E-state index in [-0.39, 0.29) is 11.5 Å². The van der Waals surface area contributed by atoms with Crippen LogP contribution in [0.15, 0.2) is 18.2 Å². The monoisotopic (exact) mass is 365 g/mol. The van der Waals surface area contributed by atoms with E-state index in [2.05, 4.69) is 15.2 Å². The van der Waals surface area contributed by atoms with E-state index in [9.17, 15) is 13.6 Å². The predicted molar refractivity (Wildman–Crippen MR) is 94.8 cm³/mol. The van der Waals surface area contributed by atoms with Crippen molar-refractivity contribution >= 4 is 17.2 Å². The van der Waals surface area contributed by atoms with E-state index in [1.807, 2.05) is 0 Å². The smallest absolute Gasteiger partial charge is 0.263 e.